The summed E-state index contributed by atoms with van der Waals surface area (Å²) in [5, 5.41) is 5.62. The van der Waals surface area contributed by atoms with Crippen molar-refractivity contribution in [2.75, 3.05) is 6.61 Å². The van der Waals surface area contributed by atoms with Crippen molar-refractivity contribution in [1.82, 2.24) is 10.6 Å². The number of aryl methyl sites for hydroxylation is 1. The first-order valence-corrected chi connectivity index (χ1v) is 9.98. The maximum absolute atomic E-state index is 12.5. The van der Waals surface area contributed by atoms with E-state index in [1.165, 1.54) is 0 Å². The van der Waals surface area contributed by atoms with Crippen LogP contribution < -0.4 is 20.1 Å². The highest BCUT2D eigenvalue weighted by atomic mass is 16.5. The molecule has 2 amide bonds. The van der Waals surface area contributed by atoms with Crippen molar-refractivity contribution in [2.45, 2.75) is 52.8 Å². The molecule has 0 saturated heterocycles. The molecule has 3 rings (SSSR count). The number of fused-ring (bicyclic) bond motifs is 1. The molecule has 0 aromatic heterocycles. The van der Waals surface area contributed by atoms with E-state index < -0.39 is 6.04 Å². The van der Waals surface area contributed by atoms with Crippen LogP contribution in [-0.4, -0.2) is 30.6 Å². The van der Waals surface area contributed by atoms with Gasteiger partial charge in [-0.2, -0.15) is 0 Å². The maximum atomic E-state index is 12.5. The highest BCUT2D eigenvalue weighted by Crippen LogP contribution is 2.35. The van der Waals surface area contributed by atoms with E-state index in [-0.39, 0.29) is 17.9 Å². The molecule has 1 aliphatic rings. The van der Waals surface area contributed by atoms with E-state index in [2.05, 4.69) is 10.6 Å². The van der Waals surface area contributed by atoms with Gasteiger partial charge in [-0.15, -0.1) is 0 Å². The lowest BCUT2D eigenvalue weighted by Gasteiger charge is -2.16. The SMILES string of the molecule is CCOc1cc2c(cc1CNC(=O)[C@H](C)NC(=O)c1cccc(C)c1)O[C@H](C)C2. The van der Waals surface area contributed by atoms with Gasteiger partial charge >= 0.3 is 0 Å². The van der Waals surface area contributed by atoms with Gasteiger partial charge in [0.15, 0.2) is 0 Å². The Labute approximate surface area is 171 Å². The van der Waals surface area contributed by atoms with Crippen molar-refractivity contribution in [3.8, 4) is 11.5 Å². The van der Waals surface area contributed by atoms with Gasteiger partial charge in [0.1, 0.15) is 23.6 Å². The summed E-state index contributed by atoms with van der Waals surface area (Å²) in [6.45, 7) is 8.38. The van der Waals surface area contributed by atoms with Crippen LogP contribution in [0, 0.1) is 6.92 Å². The number of hydrogen-bond donors (Lipinski definition) is 2. The first-order chi connectivity index (χ1) is 13.9. The molecule has 0 unspecified atom stereocenters. The Morgan fingerprint density at radius 1 is 1.28 bits per heavy atom. The number of ether oxygens (including phenoxy) is 2. The van der Waals surface area contributed by atoms with Gasteiger partial charge < -0.3 is 20.1 Å². The van der Waals surface area contributed by atoms with Crippen LogP contribution in [0.2, 0.25) is 0 Å². The lowest BCUT2D eigenvalue weighted by atomic mass is 10.1. The molecule has 0 saturated carbocycles. The average Bonchev–Trinajstić information content (AvgIpc) is 3.04. The smallest absolute Gasteiger partial charge is 0.251 e. The summed E-state index contributed by atoms with van der Waals surface area (Å²) in [6.07, 6.45) is 0.991. The fourth-order valence-electron chi connectivity index (χ4n) is 3.38. The Morgan fingerprint density at radius 2 is 2.07 bits per heavy atom. The zero-order valence-corrected chi connectivity index (χ0v) is 17.4. The molecule has 2 atom stereocenters. The molecule has 2 aromatic rings. The minimum atomic E-state index is -0.663. The number of rotatable bonds is 7. The van der Waals surface area contributed by atoms with Crippen molar-refractivity contribution >= 4 is 11.8 Å². The molecule has 154 valence electrons. The molecule has 0 aliphatic carbocycles. The van der Waals surface area contributed by atoms with E-state index in [0.29, 0.717) is 18.7 Å². The molecule has 0 bridgehead atoms. The zero-order valence-electron chi connectivity index (χ0n) is 17.4. The molecule has 6 heteroatoms. The Morgan fingerprint density at radius 3 is 2.79 bits per heavy atom. The Bertz CT molecular complexity index is 910. The third kappa shape index (κ3) is 5.08. The Hall–Kier alpha value is -3.02. The number of nitrogens with one attached hydrogen (secondary N) is 2. The van der Waals surface area contributed by atoms with Crippen LogP contribution >= 0.6 is 0 Å². The van der Waals surface area contributed by atoms with Crippen LogP contribution in [0.5, 0.6) is 11.5 Å². The van der Waals surface area contributed by atoms with E-state index in [1.807, 2.05) is 45.0 Å². The van der Waals surface area contributed by atoms with Crippen LogP contribution in [0.25, 0.3) is 0 Å². The number of carbonyl (C=O) groups excluding carboxylic acids is 2. The van der Waals surface area contributed by atoms with Crippen molar-refractivity contribution in [3.63, 3.8) is 0 Å². The lowest BCUT2D eigenvalue weighted by molar-refractivity contribution is -0.122. The molecule has 0 spiro atoms. The van der Waals surface area contributed by atoms with Gasteiger partial charge in [0.25, 0.3) is 5.91 Å². The maximum Gasteiger partial charge on any atom is 0.251 e. The van der Waals surface area contributed by atoms with Crippen molar-refractivity contribution in [1.29, 1.82) is 0 Å². The monoisotopic (exact) mass is 396 g/mol. The number of benzene rings is 2. The van der Waals surface area contributed by atoms with Crippen molar-refractivity contribution in [3.05, 3.63) is 58.7 Å². The molecule has 6 nitrogen and oxygen atoms in total. The Balaban J connectivity index is 1.62. The van der Waals surface area contributed by atoms with Gasteiger partial charge in [0.2, 0.25) is 5.91 Å². The number of amides is 2. The quantitative estimate of drug-likeness (QED) is 0.754. The highest BCUT2D eigenvalue weighted by Gasteiger charge is 2.23. The molecule has 29 heavy (non-hydrogen) atoms. The summed E-state index contributed by atoms with van der Waals surface area (Å²) in [4.78, 5) is 24.9. The zero-order chi connectivity index (χ0) is 21.0. The molecule has 2 aromatic carbocycles. The fourth-order valence-corrected chi connectivity index (χ4v) is 3.38. The summed E-state index contributed by atoms with van der Waals surface area (Å²) in [5.41, 5.74) is 3.50. The second-order valence-electron chi connectivity index (χ2n) is 7.42. The summed E-state index contributed by atoms with van der Waals surface area (Å²) in [5.74, 6) is 1.06. The number of hydrogen-bond acceptors (Lipinski definition) is 4. The molecule has 0 radical (unpaired) electrons. The van der Waals surface area contributed by atoms with E-state index in [9.17, 15) is 9.59 Å². The summed E-state index contributed by atoms with van der Waals surface area (Å²) in [7, 11) is 0. The van der Waals surface area contributed by atoms with Crippen molar-refractivity contribution < 1.29 is 19.1 Å². The molecular formula is C23H28N2O4. The number of carbonyl (C=O) groups is 2. The minimum absolute atomic E-state index is 0.140. The largest absolute Gasteiger partial charge is 0.494 e. The lowest BCUT2D eigenvalue weighted by Crippen LogP contribution is -2.44. The van der Waals surface area contributed by atoms with Crippen LogP contribution in [0.15, 0.2) is 36.4 Å². The second-order valence-corrected chi connectivity index (χ2v) is 7.42. The van der Waals surface area contributed by atoms with E-state index >= 15 is 0 Å². The average molecular weight is 396 g/mol. The van der Waals surface area contributed by atoms with Crippen molar-refractivity contribution in [2.24, 2.45) is 0 Å². The Kier molecular flexibility index (Phi) is 6.42. The second kappa shape index (κ2) is 8.99. The predicted molar refractivity (Wildman–Crippen MR) is 111 cm³/mol. The van der Waals surface area contributed by atoms with Gasteiger partial charge in [0.05, 0.1) is 6.61 Å². The summed E-state index contributed by atoms with van der Waals surface area (Å²) < 4.78 is 11.6. The van der Waals surface area contributed by atoms with Crippen LogP contribution in [0.3, 0.4) is 0 Å². The van der Waals surface area contributed by atoms with Gasteiger partial charge in [-0.3, -0.25) is 9.59 Å². The molecule has 0 fully saturated rings. The molecule has 1 aliphatic heterocycles. The third-order valence-corrected chi connectivity index (χ3v) is 4.85. The predicted octanol–water partition coefficient (Wildman–Crippen LogP) is 3.15. The third-order valence-electron chi connectivity index (χ3n) is 4.85. The van der Waals surface area contributed by atoms with Gasteiger partial charge in [0, 0.05) is 29.7 Å². The summed E-state index contributed by atoms with van der Waals surface area (Å²) >= 11 is 0. The van der Waals surface area contributed by atoms with Gasteiger partial charge in [-0.1, -0.05) is 17.7 Å². The minimum Gasteiger partial charge on any atom is -0.494 e. The van der Waals surface area contributed by atoms with Crippen LogP contribution in [0.1, 0.15) is 47.8 Å². The van der Waals surface area contributed by atoms with E-state index in [0.717, 1.165) is 34.6 Å². The fraction of sp³-hybridized carbons (Fsp3) is 0.391. The van der Waals surface area contributed by atoms with Crippen LogP contribution in [0.4, 0.5) is 0 Å². The molecule has 1 heterocycles. The normalized spacial score (nSPS) is 15.8. The first-order valence-electron chi connectivity index (χ1n) is 9.98. The highest BCUT2D eigenvalue weighted by molar-refractivity contribution is 5.97. The van der Waals surface area contributed by atoms with E-state index in [4.69, 9.17) is 9.47 Å². The van der Waals surface area contributed by atoms with Crippen LogP contribution in [-0.2, 0) is 17.8 Å². The van der Waals surface area contributed by atoms with E-state index in [1.54, 1.807) is 19.1 Å². The topological polar surface area (TPSA) is 76.7 Å². The standard InChI is InChI=1S/C23H28N2O4/c1-5-28-20-11-18-10-15(3)29-21(18)12-19(20)13-24-22(26)16(4)25-23(27)17-8-6-7-14(2)9-17/h6-9,11-12,15-16H,5,10,13H2,1-4H3,(H,24,26)(H,25,27)/t15-,16+/m1/s1. The first kappa shape index (κ1) is 20.7. The molecular weight excluding hydrogens is 368 g/mol. The van der Waals surface area contributed by atoms with Gasteiger partial charge in [-0.05, 0) is 52.0 Å². The molecule has 2 N–H and O–H groups in total. The van der Waals surface area contributed by atoms with Gasteiger partial charge in [-0.25, -0.2) is 0 Å². The summed E-state index contributed by atoms with van der Waals surface area (Å²) in [6, 6.07) is 10.5.